The molecule has 1 rings (SSSR count). The maximum Gasteiger partial charge on any atom is 0.417 e. The van der Waals surface area contributed by atoms with Crippen LogP contribution < -0.4 is 0 Å². The molecule has 0 amide bonds. The van der Waals surface area contributed by atoms with Crippen LogP contribution in [0.15, 0.2) is 24.3 Å². The van der Waals surface area contributed by atoms with Gasteiger partial charge in [0.1, 0.15) is 11.6 Å². The number of carboxylic acid groups (broad SMARTS) is 1. The van der Waals surface area contributed by atoms with E-state index in [1.165, 1.54) is 0 Å². The first-order valence-electron chi connectivity index (χ1n) is 4.18. The van der Waals surface area contributed by atoms with Crippen molar-refractivity contribution in [2.24, 2.45) is 0 Å². The highest BCUT2D eigenvalue weighted by Crippen LogP contribution is 2.34. The number of hydrogen-bond donors (Lipinski definition) is 1. The molecule has 0 aliphatic heterocycles. The molecule has 0 fully saturated rings. The van der Waals surface area contributed by atoms with Gasteiger partial charge in [0.2, 0.25) is 0 Å². The Labute approximate surface area is 92.0 Å². The van der Waals surface area contributed by atoms with Gasteiger partial charge >= 0.3 is 12.1 Å². The van der Waals surface area contributed by atoms with Gasteiger partial charge in [0.25, 0.3) is 0 Å². The summed E-state index contributed by atoms with van der Waals surface area (Å²) in [4.78, 5) is 10.2. The van der Waals surface area contributed by atoms with Gasteiger partial charge in [-0.25, -0.2) is 13.6 Å². The minimum Gasteiger partial charge on any atom is -0.478 e. The molecule has 0 bridgehead atoms. The molecule has 0 aromatic heterocycles. The first-order valence-corrected chi connectivity index (χ1v) is 4.18. The van der Waals surface area contributed by atoms with Gasteiger partial charge in [-0.2, -0.15) is 13.2 Å². The fourth-order valence-electron chi connectivity index (χ4n) is 1.16. The lowest BCUT2D eigenvalue weighted by atomic mass is 10.0. The quantitative estimate of drug-likeness (QED) is 0.649. The van der Waals surface area contributed by atoms with Crippen molar-refractivity contribution in [1.82, 2.24) is 0 Å². The van der Waals surface area contributed by atoms with E-state index in [2.05, 4.69) is 0 Å². The second-order valence-electron chi connectivity index (χ2n) is 3.05. The molecule has 1 aromatic rings. The topological polar surface area (TPSA) is 37.3 Å². The first-order chi connectivity index (χ1) is 7.70. The normalized spacial score (nSPS) is 12.6. The largest absolute Gasteiger partial charge is 0.478 e. The molecular weight excluding hydrogens is 247 g/mol. The third-order valence-electron chi connectivity index (χ3n) is 1.75. The number of aliphatic carboxylic acids is 1. The van der Waals surface area contributed by atoms with Crippen LogP contribution in [0.4, 0.5) is 22.0 Å². The molecule has 0 aliphatic carbocycles. The fraction of sp³-hybridized carbons (Fsp3) is 0.100. The molecule has 7 heteroatoms. The van der Waals surface area contributed by atoms with E-state index in [9.17, 15) is 26.7 Å². The summed E-state index contributed by atoms with van der Waals surface area (Å²) in [5.74, 6) is -4.30. The zero-order chi connectivity index (χ0) is 13.2. The third-order valence-corrected chi connectivity index (χ3v) is 1.75. The van der Waals surface area contributed by atoms with E-state index >= 15 is 0 Å². The van der Waals surface area contributed by atoms with Crippen molar-refractivity contribution in [2.75, 3.05) is 0 Å². The standard InChI is InChI=1S/C10H5F5O2/c11-6-1-5(2-7(12)3-6)8(4-9(16)17)10(13,14)15/h1-4H,(H,16,17). The predicted octanol–water partition coefficient (Wildman–Crippen LogP) is 3.00. The second kappa shape index (κ2) is 4.52. The summed E-state index contributed by atoms with van der Waals surface area (Å²) in [5, 5.41) is 8.28. The molecule has 0 spiro atoms. The van der Waals surface area contributed by atoms with Crippen molar-refractivity contribution in [3.05, 3.63) is 41.5 Å². The lowest BCUT2D eigenvalue weighted by Gasteiger charge is -2.11. The smallest absolute Gasteiger partial charge is 0.417 e. The average Bonchev–Trinajstić information content (AvgIpc) is 2.10. The van der Waals surface area contributed by atoms with Crippen molar-refractivity contribution in [3.63, 3.8) is 0 Å². The number of alkyl halides is 3. The molecule has 0 unspecified atom stereocenters. The van der Waals surface area contributed by atoms with Gasteiger partial charge in [0, 0.05) is 12.1 Å². The number of halogens is 5. The summed E-state index contributed by atoms with van der Waals surface area (Å²) in [6, 6.07) is 1.20. The van der Waals surface area contributed by atoms with Crippen LogP contribution in [0.2, 0.25) is 0 Å². The van der Waals surface area contributed by atoms with Crippen LogP contribution in [0.1, 0.15) is 5.56 Å². The summed E-state index contributed by atoms with van der Waals surface area (Å²) < 4.78 is 62.8. The maximum atomic E-state index is 12.7. The Kier molecular flexibility index (Phi) is 3.50. The van der Waals surface area contributed by atoms with Gasteiger partial charge in [-0.05, 0) is 17.7 Å². The second-order valence-corrected chi connectivity index (χ2v) is 3.05. The Morgan fingerprint density at radius 1 is 1.12 bits per heavy atom. The molecule has 0 atom stereocenters. The van der Waals surface area contributed by atoms with E-state index in [4.69, 9.17) is 5.11 Å². The summed E-state index contributed by atoms with van der Waals surface area (Å²) in [5.41, 5.74) is -2.50. The molecule has 92 valence electrons. The zero-order valence-corrected chi connectivity index (χ0v) is 8.05. The molecule has 0 radical (unpaired) electrons. The molecule has 1 N–H and O–H groups in total. The Hall–Kier alpha value is -1.92. The number of carbonyl (C=O) groups is 1. The highest BCUT2D eigenvalue weighted by Gasteiger charge is 2.35. The monoisotopic (exact) mass is 252 g/mol. The van der Waals surface area contributed by atoms with E-state index < -0.39 is 34.9 Å². The Morgan fingerprint density at radius 3 is 1.94 bits per heavy atom. The van der Waals surface area contributed by atoms with E-state index in [-0.39, 0.29) is 6.08 Å². The summed E-state index contributed by atoms with van der Waals surface area (Å²) in [6.45, 7) is 0. The van der Waals surface area contributed by atoms with Crippen molar-refractivity contribution < 1.29 is 31.9 Å². The summed E-state index contributed by atoms with van der Waals surface area (Å²) in [7, 11) is 0. The molecule has 2 nitrogen and oxygen atoms in total. The summed E-state index contributed by atoms with van der Waals surface area (Å²) in [6.07, 6.45) is -5.16. The predicted molar refractivity (Wildman–Crippen MR) is 48.0 cm³/mol. The minimum atomic E-state index is -5.02. The maximum absolute atomic E-state index is 12.7. The van der Waals surface area contributed by atoms with Gasteiger partial charge in [-0.1, -0.05) is 0 Å². The summed E-state index contributed by atoms with van der Waals surface area (Å²) >= 11 is 0. The molecule has 0 saturated carbocycles. The Morgan fingerprint density at radius 2 is 1.59 bits per heavy atom. The number of allylic oxidation sites excluding steroid dienone is 1. The van der Waals surface area contributed by atoms with Crippen LogP contribution in [-0.2, 0) is 4.79 Å². The van der Waals surface area contributed by atoms with Crippen molar-refractivity contribution >= 4 is 11.5 Å². The molecule has 17 heavy (non-hydrogen) atoms. The van der Waals surface area contributed by atoms with Crippen LogP contribution in [0.3, 0.4) is 0 Å². The minimum absolute atomic E-state index is 0.145. The first kappa shape index (κ1) is 13.1. The number of benzene rings is 1. The highest BCUT2D eigenvalue weighted by molar-refractivity contribution is 5.91. The van der Waals surface area contributed by atoms with Gasteiger partial charge in [-0.3, -0.25) is 0 Å². The van der Waals surface area contributed by atoms with Crippen molar-refractivity contribution in [1.29, 1.82) is 0 Å². The molecular formula is C10H5F5O2. The molecule has 1 aromatic carbocycles. The fourth-order valence-corrected chi connectivity index (χ4v) is 1.16. The number of rotatable bonds is 2. The molecule has 0 saturated heterocycles. The van der Waals surface area contributed by atoms with Crippen LogP contribution in [-0.4, -0.2) is 17.3 Å². The molecule has 0 aliphatic rings. The lowest BCUT2D eigenvalue weighted by molar-refractivity contribution is -0.131. The van der Waals surface area contributed by atoms with Crippen molar-refractivity contribution in [2.45, 2.75) is 6.18 Å². The molecule has 0 heterocycles. The van der Waals surface area contributed by atoms with E-state index in [0.29, 0.717) is 18.2 Å². The zero-order valence-electron chi connectivity index (χ0n) is 8.05. The van der Waals surface area contributed by atoms with Gasteiger partial charge in [0.15, 0.2) is 0 Å². The van der Waals surface area contributed by atoms with Crippen LogP contribution in [0.5, 0.6) is 0 Å². The highest BCUT2D eigenvalue weighted by atomic mass is 19.4. The van der Waals surface area contributed by atoms with E-state index in [0.717, 1.165) is 0 Å². The van der Waals surface area contributed by atoms with Gasteiger partial charge < -0.3 is 5.11 Å². The number of hydrogen-bond acceptors (Lipinski definition) is 1. The van der Waals surface area contributed by atoms with Gasteiger partial charge in [-0.15, -0.1) is 0 Å². The Bertz CT molecular complexity index is 456. The van der Waals surface area contributed by atoms with E-state index in [1.807, 2.05) is 0 Å². The third kappa shape index (κ3) is 3.54. The van der Waals surface area contributed by atoms with Crippen LogP contribution in [0, 0.1) is 11.6 Å². The van der Waals surface area contributed by atoms with Gasteiger partial charge in [0.05, 0.1) is 5.57 Å². The lowest BCUT2D eigenvalue weighted by Crippen LogP contribution is -2.13. The SMILES string of the molecule is O=C(O)C=C(c1cc(F)cc(F)c1)C(F)(F)F. The van der Waals surface area contributed by atoms with Crippen molar-refractivity contribution in [3.8, 4) is 0 Å². The average molecular weight is 252 g/mol. The van der Waals surface area contributed by atoms with Crippen LogP contribution in [0.25, 0.3) is 5.57 Å². The van der Waals surface area contributed by atoms with E-state index in [1.54, 1.807) is 0 Å². The van der Waals surface area contributed by atoms with Crippen LogP contribution >= 0.6 is 0 Å². The Balaban J connectivity index is 3.38. The number of carboxylic acids is 1.